The van der Waals surface area contributed by atoms with Gasteiger partial charge in [-0.3, -0.25) is 0 Å². The molecule has 0 aliphatic rings. The molecule has 3 heteroatoms. The molecule has 0 aromatic heterocycles. The molecule has 0 saturated carbocycles. The highest BCUT2D eigenvalue weighted by atomic mass is 35.5. The summed E-state index contributed by atoms with van der Waals surface area (Å²) in [7, 11) is 1.39. The Morgan fingerprint density at radius 2 is 1.07 bits per heavy atom. The van der Waals surface area contributed by atoms with E-state index in [1.54, 1.807) is 0 Å². The van der Waals surface area contributed by atoms with Crippen LogP contribution in [0.3, 0.4) is 0 Å². The Morgan fingerprint density at radius 3 is 1.47 bits per heavy atom. The Labute approximate surface area is 109 Å². The van der Waals surface area contributed by atoms with Gasteiger partial charge in [0.05, 0.1) is 0 Å². The van der Waals surface area contributed by atoms with E-state index < -0.39 is 0 Å². The van der Waals surface area contributed by atoms with Crippen molar-refractivity contribution in [3.63, 3.8) is 0 Å². The molecule has 0 spiro atoms. The minimum absolute atomic E-state index is 0.150. The quantitative estimate of drug-likeness (QED) is 0.295. The summed E-state index contributed by atoms with van der Waals surface area (Å²) in [4.78, 5) is -0.150. The Balaban J connectivity index is 2.87. The maximum Gasteiger partial charge on any atom is 0.107 e. The van der Waals surface area contributed by atoms with Gasteiger partial charge in [-0.2, -0.15) is 0 Å². The highest BCUT2D eigenvalue weighted by molar-refractivity contribution is 6.44. The van der Waals surface area contributed by atoms with Gasteiger partial charge >= 0.3 is 0 Å². The Kier molecular flexibility index (Phi) is 13.5. The number of halogens is 2. The molecule has 0 saturated heterocycles. The van der Waals surface area contributed by atoms with Crippen molar-refractivity contribution in [2.75, 3.05) is 0 Å². The average molecular weight is 269 g/mol. The van der Waals surface area contributed by atoms with Crippen LogP contribution in [-0.2, 0) is 0 Å². The van der Waals surface area contributed by atoms with Crippen LogP contribution in [0.25, 0.3) is 0 Å². The molecule has 0 amide bonds. The Morgan fingerprint density at radius 1 is 0.667 bits per heavy atom. The summed E-state index contributed by atoms with van der Waals surface area (Å²) in [6, 6.07) is 1.48. The van der Waals surface area contributed by atoms with E-state index >= 15 is 0 Å². The molecule has 0 radical (unpaired) electrons. The van der Waals surface area contributed by atoms with E-state index in [2.05, 4.69) is 0 Å². The second kappa shape index (κ2) is 12.9. The highest BCUT2D eigenvalue weighted by Crippen LogP contribution is 2.15. The lowest BCUT2D eigenvalue weighted by molar-refractivity contribution is 0.561. The van der Waals surface area contributed by atoms with Crippen LogP contribution in [0.15, 0.2) is 0 Å². The molecule has 0 heterocycles. The molecule has 0 atom stereocenters. The molecule has 0 nitrogen and oxygen atoms in total. The van der Waals surface area contributed by atoms with Crippen LogP contribution in [0.4, 0.5) is 0 Å². The van der Waals surface area contributed by atoms with Gasteiger partial charge in [0.2, 0.25) is 0 Å². The predicted molar refractivity (Wildman–Crippen MR) is 76.4 cm³/mol. The minimum atomic E-state index is -0.150. The smallest absolute Gasteiger partial charge is 0.105 e. The fourth-order valence-electron chi connectivity index (χ4n) is 1.79. The van der Waals surface area contributed by atoms with E-state index in [9.17, 15) is 0 Å². The Bertz CT molecular complexity index is 118. The molecule has 0 N–H and O–H groups in total. The summed E-state index contributed by atoms with van der Waals surface area (Å²) in [6.07, 6.45) is 13.5. The van der Waals surface area contributed by atoms with Crippen LogP contribution in [0, 0.1) is 0 Å². The van der Waals surface area contributed by atoms with Crippen molar-refractivity contribution in [1.82, 2.24) is 0 Å². The summed E-state index contributed by atoms with van der Waals surface area (Å²) in [6.45, 7) is 0. The molecular formula is C12H26Cl2Si. The SMILES string of the molecule is [SiH3]CCCCCCCCCCCC(Cl)Cl. The van der Waals surface area contributed by atoms with E-state index in [4.69, 9.17) is 23.2 Å². The molecule has 0 unspecified atom stereocenters. The zero-order chi connectivity index (χ0) is 11.4. The van der Waals surface area contributed by atoms with Gasteiger partial charge in [0.15, 0.2) is 0 Å². The van der Waals surface area contributed by atoms with Crippen LogP contribution in [-0.4, -0.2) is 15.1 Å². The van der Waals surface area contributed by atoms with Crippen molar-refractivity contribution in [1.29, 1.82) is 0 Å². The van der Waals surface area contributed by atoms with E-state index in [1.807, 2.05) is 0 Å². The molecule has 0 aromatic carbocycles. The van der Waals surface area contributed by atoms with Gasteiger partial charge in [0, 0.05) is 10.2 Å². The molecule has 92 valence electrons. The lowest BCUT2D eigenvalue weighted by Gasteiger charge is -2.02. The van der Waals surface area contributed by atoms with Gasteiger partial charge in [-0.15, -0.1) is 23.2 Å². The molecule has 0 bridgehead atoms. The monoisotopic (exact) mass is 268 g/mol. The number of alkyl halides is 2. The number of hydrogen-bond donors (Lipinski definition) is 0. The van der Waals surface area contributed by atoms with Gasteiger partial charge < -0.3 is 0 Å². The first-order valence-electron chi connectivity index (χ1n) is 6.55. The first-order chi connectivity index (χ1) is 7.27. The summed E-state index contributed by atoms with van der Waals surface area (Å²) in [5, 5.41) is 0. The summed E-state index contributed by atoms with van der Waals surface area (Å²) < 4.78 is 0. The van der Waals surface area contributed by atoms with Crippen molar-refractivity contribution < 1.29 is 0 Å². The normalized spacial score (nSPS) is 11.4. The van der Waals surface area contributed by atoms with Gasteiger partial charge in [0.1, 0.15) is 4.84 Å². The van der Waals surface area contributed by atoms with Gasteiger partial charge in [-0.25, -0.2) is 0 Å². The van der Waals surface area contributed by atoms with Gasteiger partial charge in [-0.1, -0.05) is 63.8 Å². The first kappa shape index (κ1) is 15.8. The lowest BCUT2D eigenvalue weighted by Crippen LogP contribution is -1.87. The zero-order valence-corrected chi connectivity index (χ0v) is 13.6. The molecule has 0 aliphatic carbocycles. The van der Waals surface area contributed by atoms with E-state index in [1.165, 1.54) is 74.1 Å². The fourth-order valence-corrected chi connectivity index (χ4v) is 2.59. The Hall–Kier alpha value is 0.797. The second-order valence-electron chi connectivity index (χ2n) is 4.36. The molecule has 15 heavy (non-hydrogen) atoms. The fraction of sp³-hybridized carbons (Fsp3) is 1.00. The predicted octanol–water partition coefficient (Wildman–Crippen LogP) is 4.47. The third-order valence-corrected chi connectivity index (χ3v) is 3.92. The average Bonchev–Trinajstić information content (AvgIpc) is 2.20. The van der Waals surface area contributed by atoms with Crippen LogP contribution in [0.2, 0.25) is 6.04 Å². The largest absolute Gasteiger partial charge is 0.107 e. The van der Waals surface area contributed by atoms with Crippen molar-refractivity contribution >= 4 is 33.4 Å². The standard InChI is InChI=1S/C12H26Cl2Si/c13-12(14)10-8-6-4-2-1-3-5-7-9-11-15/h12H,1-11H2,15H3. The third-order valence-electron chi connectivity index (χ3n) is 2.78. The molecule has 0 rings (SSSR count). The minimum Gasteiger partial charge on any atom is -0.105 e. The second-order valence-corrected chi connectivity index (χ2v) is 6.64. The van der Waals surface area contributed by atoms with Crippen molar-refractivity contribution in [2.45, 2.75) is 75.1 Å². The number of unbranched alkanes of at least 4 members (excludes halogenated alkanes) is 8. The van der Waals surface area contributed by atoms with Crippen LogP contribution < -0.4 is 0 Å². The summed E-state index contributed by atoms with van der Waals surface area (Å²) in [5.74, 6) is 0. The van der Waals surface area contributed by atoms with Crippen molar-refractivity contribution in [3.8, 4) is 0 Å². The van der Waals surface area contributed by atoms with E-state index in [-0.39, 0.29) is 4.84 Å². The van der Waals surface area contributed by atoms with Gasteiger partial charge in [-0.05, 0) is 6.42 Å². The maximum absolute atomic E-state index is 5.66. The topological polar surface area (TPSA) is 0 Å². The third kappa shape index (κ3) is 14.8. The highest BCUT2D eigenvalue weighted by Gasteiger charge is 1.97. The van der Waals surface area contributed by atoms with E-state index in [0.29, 0.717) is 0 Å². The van der Waals surface area contributed by atoms with Crippen LogP contribution in [0.1, 0.15) is 64.2 Å². The number of hydrogen-bond acceptors (Lipinski definition) is 0. The molecular weight excluding hydrogens is 243 g/mol. The maximum atomic E-state index is 5.66. The summed E-state index contributed by atoms with van der Waals surface area (Å²) >= 11 is 11.3. The summed E-state index contributed by atoms with van der Waals surface area (Å²) in [5.41, 5.74) is 0. The van der Waals surface area contributed by atoms with Crippen LogP contribution in [0.5, 0.6) is 0 Å². The first-order valence-corrected chi connectivity index (χ1v) is 8.84. The molecule has 0 aromatic rings. The van der Waals surface area contributed by atoms with Crippen molar-refractivity contribution in [2.24, 2.45) is 0 Å². The van der Waals surface area contributed by atoms with Crippen LogP contribution >= 0.6 is 23.2 Å². The number of rotatable bonds is 11. The zero-order valence-electron chi connectivity index (χ0n) is 10.1. The lowest BCUT2D eigenvalue weighted by atomic mass is 10.1. The van der Waals surface area contributed by atoms with E-state index in [0.717, 1.165) is 6.42 Å². The molecule has 0 aliphatic heterocycles. The molecule has 0 fully saturated rings. The van der Waals surface area contributed by atoms with Gasteiger partial charge in [0.25, 0.3) is 0 Å². The van der Waals surface area contributed by atoms with Crippen molar-refractivity contribution in [3.05, 3.63) is 0 Å².